The predicted octanol–water partition coefficient (Wildman–Crippen LogP) is 7.32. The first-order chi connectivity index (χ1) is 16.4. The lowest BCUT2D eigenvalue weighted by atomic mass is 10.1. The molecule has 1 amide bonds. The number of hydrogen-bond acceptors (Lipinski definition) is 4. The van der Waals surface area contributed by atoms with Crippen LogP contribution in [-0.2, 0) is 11.4 Å². The zero-order valence-corrected chi connectivity index (χ0v) is 20.4. The van der Waals surface area contributed by atoms with Crippen molar-refractivity contribution in [2.24, 2.45) is 10.9 Å². The summed E-state index contributed by atoms with van der Waals surface area (Å²) in [6, 6.07) is 20.9. The lowest BCUT2D eigenvalue weighted by Crippen LogP contribution is -2.32. The Bertz CT molecular complexity index is 1220. The van der Waals surface area contributed by atoms with Crippen LogP contribution in [0, 0.1) is 11.7 Å². The normalized spacial score (nSPS) is 16.1. The Morgan fingerprint density at radius 3 is 2.47 bits per heavy atom. The minimum Gasteiger partial charge on any atom is -0.488 e. The van der Waals surface area contributed by atoms with E-state index in [4.69, 9.17) is 21.3 Å². The van der Waals surface area contributed by atoms with Crippen LogP contribution < -0.4 is 4.74 Å². The van der Waals surface area contributed by atoms with Crippen molar-refractivity contribution in [3.05, 3.63) is 99.7 Å². The topological polar surface area (TPSA) is 41.9 Å². The number of para-hydroxylation sites is 1. The Hall–Kier alpha value is -3.09. The largest absolute Gasteiger partial charge is 0.488 e. The van der Waals surface area contributed by atoms with Gasteiger partial charge >= 0.3 is 0 Å². The van der Waals surface area contributed by atoms with Crippen molar-refractivity contribution in [3.63, 3.8) is 0 Å². The van der Waals surface area contributed by atoms with Gasteiger partial charge in [0.15, 0.2) is 5.17 Å². The van der Waals surface area contributed by atoms with Crippen molar-refractivity contribution < 1.29 is 13.9 Å². The van der Waals surface area contributed by atoms with E-state index in [9.17, 15) is 9.18 Å². The highest BCUT2D eigenvalue weighted by atomic mass is 35.5. The highest BCUT2D eigenvalue weighted by Crippen LogP contribution is 2.36. The zero-order valence-electron chi connectivity index (χ0n) is 18.9. The van der Waals surface area contributed by atoms with Crippen LogP contribution in [0.1, 0.15) is 25.0 Å². The fourth-order valence-corrected chi connectivity index (χ4v) is 4.48. The molecule has 0 atom stereocenters. The summed E-state index contributed by atoms with van der Waals surface area (Å²) in [5.74, 6) is 0.560. The second kappa shape index (κ2) is 10.9. The van der Waals surface area contributed by atoms with Gasteiger partial charge in [-0.25, -0.2) is 9.38 Å². The molecule has 0 bridgehead atoms. The molecule has 7 heteroatoms. The second-order valence-corrected chi connectivity index (χ2v) is 9.69. The fourth-order valence-electron chi connectivity index (χ4n) is 3.36. The van der Waals surface area contributed by atoms with E-state index < -0.39 is 0 Å². The van der Waals surface area contributed by atoms with Gasteiger partial charge in [0.2, 0.25) is 0 Å². The molecule has 1 fully saturated rings. The van der Waals surface area contributed by atoms with Crippen LogP contribution in [0.25, 0.3) is 6.08 Å². The summed E-state index contributed by atoms with van der Waals surface area (Å²) in [4.78, 5) is 20.3. The lowest BCUT2D eigenvalue weighted by Gasteiger charge is -2.17. The number of hydrogen-bond donors (Lipinski definition) is 0. The number of carbonyl (C=O) groups is 1. The smallest absolute Gasteiger partial charge is 0.266 e. The first-order valence-corrected chi connectivity index (χ1v) is 12.1. The van der Waals surface area contributed by atoms with E-state index in [0.717, 1.165) is 16.8 Å². The van der Waals surface area contributed by atoms with Crippen molar-refractivity contribution in [2.45, 2.75) is 20.5 Å². The van der Waals surface area contributed by atoms with Gasteiger partial charge in [-0.1, -0.05) is 55.8 Å². The molecule has 0 radical (unpaired) electrons. The molecule has 1 saturated heterocycles. The van der Waals surface area contributed by atoms with Crippen molar-refractivity contribution in [3.8, 4) is 5.75 Å². The molecule has 1 heterocycles. The molecule has 0 unspecified atom stereocenters. The molecule has 174 valence electrons. The highest BCUT2D eigenvalue weighted by molar-refractivity contribution is 8.18. The van der Waals surface area contributed by atoms with E-state index in [-0.39, 0.29) is 17.6 Å². The zero-order chi connectivity index (χ0) is 24.1. The van der Waals surface area contributed by atoms with Gasteiger partial charge in [-0.3, -0.25) is 9.69 Å². The van der Waals surface area contributed by atoms with Gasteiger partial charge in [-0.05, 0) is 71.8 Å². The summed E-state index contributed by atoms with van der Waals surface area (Å²) < 4.78 is 19.2. The maximum absolute atomic E-state index is 13.3. The molecular formula is C27H24ClFN2O2S. The summed E-state index contributed by atoms with van der Waals surface area (Å²) in [7, 11) is 0. The van der Waals surface area contributed by atoms with Gasteiger partial charge in [-0.2, -0.15) is 0 Å². The van der Waals surface area contributed by atoms with Crippen LogP contribution >= 0.6 is 23.4 Å². The predicted molar refractivity (Wildman–Crippen MR) is 138 cm³/mol. The summed E-state index contributed by atoms with van der Waals surface area (Å²) in [6.45, 7) is 5.00. The van der Waals surface area contributed by atoms with E-state index in [1.54, 1.807) is 29.2 Å². The number of rotatable bonds is 7. The van der Waals surface area contributed by atoms with E-state index in [0.29, 0.717) is 34.0 Å². The third-order valence-corrected chi connectivity index (χ3v) is 6.26. The number of aliphatic imine (C=N–C) groups is 1. The molecule has 0 saturated carbocycles. The summed E-state index contributed by atoms with van der Waals surface area (Å²) in [5, 5.41) is 1.27. The number of halogens is 2. The van der Waals surface area contributed by atoms with Crippen molar-refractivity contribution in [2.75, 3.05) is 6.54 Å². The molecule has 0 aliphatic carbocycles. The van der Waals surface area contributed by atoms with Crippen LogP contribution in [0.2, 0.25) is 5.02 Å². The molecular weight excluding hydrogens is 471 g/mol. The van der Waals surface area contributed by atoms with Gasteiger partial charge in [-0.15, -0.1) is 0 Å². The van der Waals surface area contributed by atoms with E-state index in [1.807, 2.05) is 42.5 Å². The monoisotopic (exact) mass is 494 g/mol. The second-order valence-electron chi connectivity index (χ2n) is 8.24. The summed E-state index contributed by atoms with van der Waals surface area (Å²) >= 11 is 7.34. The van der Waals surface area contributed by atoms with Crippen LogP contribution in [-0.4, -0.2) is 22.5 Å². The summed E-state index contributed by atoms with van der Waals surface area (Å²) in [5.41, 5.74) is 2.38. The van der Waals surface area contributed by atoms with Crippen LogP contribution in [0.4, 0.5) is 10.1 Å². The van der Waals surface area contributed by atoms with Crippen LogP contribution in [0.3, 0.4) is 0 Å². The molecule has 4 nitrogen and oxygen atoms in total. The SMILES string of the molecule is CC(C)CN1C(=O)/C(=C/c2ccccc2OCc2ccc(F)cc2)SC1=Nc1ccc(Cl)cc1. The maximum Gasteiger partial charge on any atom is 0.266 e. The molecule has 4 rings (SSSR count). The Kier molecular flexibility index (Phi) is 7.70. The van der Waals surface area contributed by atoms with Gasteiger partial charge in [0.25, 0.3) is 5.91 Å². The third kappa shape index (κ3) is 6.07. The number of amidine groups is 1. The number of amides is 1. The quantitative estimate of drug-likeness (QED) is 0.323. The van der Waals surface area contributed by atoms with E-state index >= 15 is 0 Å². The average molecular weight is 495 g/mol. The molecule has 0 aromatic heterocycles. The van der Waals surface area contributed by atoms with Gasteiger partial charge in [0.1, 0.15) is 18.2 Å². The molecule has 0 N–H and O–H groups in total. The molecule has 1 aliphatic heterocycles. The van der Waals surface area contributed by atoms with E-state index in [1.165, 1.54) is 23.9 Å². The molecule has 0 spiro atoms. The fraction of sp³-hybridized carbons (Fsp3) is 0.185. The Morgan fingerprint density at radius 2 is 1.76 bits per heavy atom. The Labute approximate surface area is 208 Å². The maximum atomic E-state index is 13.3. The van der Waals surface area contributed by atoms with Crippen molar-refractivity contribution in [1.29, 1.82) is 0 Å². The average Bonchev–Trinajstić information content (AvgIpc) is 3.09. The minimum absolute atomic E-state index is 0.0836. The third-order valence-electron chi connectivity index (χ3n) is 5.00. The molecule has 3 aromatic rings. The molecule has 3 aromatic carbocycles. The van der Waals surface area contributed by atoms with Crippen molar-refractivity contribution in [1.82, 2.24) is 4.90 Å². The van der Waals surface area contributed by atoms with E-state index in [2.05, 4.69) is 13.8 Å². The number of nitrogens with zero attached hydrogens (tertiary/aromatic N) is 2. The van der Waals surface area contributed by atoms with Crippen molar-refractivity contribution >= 4 is 46.2 Å². The minimum atomic E-state index is -0.285. The Morgan fingerprint density at radius 1 is 1.06 bits per heavy atom. The number of carbonyl (C=O) groups excluding carboxylic acids is 1. The first kappa shape index (κ1) is 24.0. The van der Waals surface area contributed by atoms with Crippen LogP contribution in [0.5, 0.6) is 5.75 Å². The van der Waals surface area contributed by atoms with Gasteiger partial charge < -0.3 is 4.74 Å². The van der Waals surface area contributed by atoms with Gasteiger partial charge in [0, 0.05) is 17.1 Å². The standard InChI is InChI=1S/C27H24ClFN2O2S/c1-18(2)16-31-26(32)25(34-27(31)30-23-13-9-21(28)10-14-23)15-20-5-3-4-6-24(20)33-17-19-7-11-22(29)12-8-19/h3-15,18H,16-17H2,1-2H3/b25-15-,30-27?. The number of ether oxygens (including phenoxy) is 1. The Balaban J connectivity index is 1.60. The molecule has 34 heavy (non-hydrogen) atoms. The number of benzene rings is 3. The highest BCUT2D eigenvalue weighted by Gasteiger charge is 2.34. The first-order valence-electron chi connectivity index (χ1n) is 10.9. The number of thioether (sulfide) groups is 1. The molecule has 1 aliphatic rings. The lowest BCUT2D eigenvalue weighted by molar-refractivity contribution is -0.122. The van der Waals surface area contributed by atoms with Crippen LogP contribution in [0.15, 0.2) is 82.7 Å². The van der Waals surface area contributed by atoms with Gasteiger partial charge in [0.05, 0.1) is 10.6 Å². The summed E-state index contributed by atoms with van der Waals surface area (Å²) in [6.07, 6.45) is 1.84.